The van der Waals surface area contributed by atoms with Gasteiger partial charge in [-0.25, -0.2) is 0 Å². The van der Waals surface area contributed by atoms with Gasteiger partial charge in [-0.15, -0.1) is 0 Å². The molecule has 21 heavy (non-hydrogen) atoms. The normalized spacial score (nSPS) is 19.2. The fraction of sp³-hybridized carbons (Fsp3) is 0.938. The quantitative estimate of drug-likeness (QED) is 0.678. The van der Waals surface area contributed by atoms with Crippen molar-refractivity contribution in [1.29, 1.82) is 0 Å². The number of carbonyl (C=O) groups is 1. The van der Waals surface area contributed by atoms with E-state index in [1.54, 1.807) is 4.90 Å². The maximum atomic E-state index is 12.1. The SMILES string of the molecule is CCN(CC)C(=O)C(C)NCC(O)COC1CCCCC1. The van der Waals surface area contributed by atoms with E-state index in [4.69, 9.17) is 4.74 Å². The average molecular weight is 300 g/mol. The van der Waals surface area contributed by atoms with Crippen molar-refractivity contribution in [3.8, 4) is 0 Å². The van der Waals surface area contributed by atoms with Crippen molar-refractivity contribution < 1.29 is 14.6 Å². The zero-order chi connectivity index (χ0) is 15.7. The Kier molecular flexibility index (Phi) is 8.88. The fourth-order valence-electron chi connectivity index (χ4n) is 2.75. The van der Waals surface area contributed by atoms with E-state index < -0.39 is 6.10 Å². The van der Waals surface area contributed by atoms with Crippen LogP contribution in [-0.2, 0) is 9.53 Å². The van der Waals surface area contributed by atoms with Crippen molar-refractivity contribution in [3.05, 3.63) is 0 Å². The molecule has 0 aromatic rings. The van der Waals surface area contributed by atoms with Crippen LogP contribution in [0.4, 0.5) is 0 Å². The first-order valence-electron chi connectivity index (χ1n) is 8.40. The maximum Gasteiger partial charge on any atom is 0.239 e. The summed E-state index contributed by atoms with van der Waals surface area (Å²) in [7, 11) is 0. The Balaban J connectivity index is 2.19. The molecule has 5 nitrogen and oxygen atoms in total. The van der Waals surface area contributed by atoms with Crippen molar-refractivity contribution in [2.24, 2.45) is 0 Å². The van der Waals surface area contributed by atoms with Gasteiger partial charge >= 0.3 is 0 Å². The summed E-state index contributed by atoms with van der Waals surface area (Å²) in [6.45, 7) is 7.96. The predicted octanol–water partition coefficient (Wildman–Crippen LogP) is 1.54. The number of nitrogens with zero attached hydrogens (tertiary/aromatic N) is 1. The predicted molar refractivity (Wildman–Crippen MR) is 84.2 cm³/mol. The molecule has 0 bridgehead atoms. The van der Waals surface area contributed by atoms with Crippen LogP contribution in [0.1, 0.15) is 52.9 Å². The van der Waals surface area contributed by atoms with Gasteiger partial charge in [0.15, 0.2) is 0 Å². The maximum absolute atomic E-state index is 12.1. The number of aliphatic hydroxyl groups excluding tert-OH is 1. The van der Waals surface area contributed by atoms with Crippen LogP contribution in [0.25, 0.3) is 0 Å². The van der Waals surface area contributed by atoms with E-state index >= 15 is 0 Å². The number of ether oxygens (including phenoxy) is 1. The average Bonchev–Trinajstić information content (AvgIpc) is 2.52. The Morgan fingerprint density at radius 2 is 1.90 bits per heavy atom. The lowest BCUT2D eigenvalue weighted by Crippen LogP contribution is -2.47. The highest BCUT2D eigenvalue weighted by atomic mass is 16.5. The van der Waals surface area contributed by atoms with Crippen LogP contribution in [0.3, 0.4) is 0 Å². The van der Waals surface area contributed by atoms with Crippen LogP contribution in [0.5, 0.6) is 0 Å². The Bertz CT molecular complexity index is 289. The Hall–Kier alpha value is -0.650. The van der Waals surface area contributed by atoms with Gasteiger partial charge in [0.1, 0.15) is 0 Å². The standard InChI is InChI=1S/C16H32N2O3/c1-4-18(5-2)16(20)13(3)17-11-14(19)12-21-15-9-7-6-8-10-15/h13-15,17,19H,4-12H2,1-3H3. The molecule has 2 N–H and O–H groups in total. The number of aliphatic hydroxyl groups is 1. The molecule has 1 fully saturated rings. The minimum atomic E-state index is -0.557. The van der Waals surface area contributed by atoms with Gasteiger partial charge in [0.25, 0.3) is 0 Å². The number of rotatable bonds is 9. The van der Waals surface area contributed by atoms with Gasteiger partial charge in [-0.05, 0) is 33.6 Å². The van der Waals surface area contributed by atoms with Crippen LogP contribution < -0.4 is 5.32 Å². The largest absolute Gasteiger partial charge is 0.389 e. The third-order valence-corrected chi connectivity index (χ3v) is 4.18. The summed E-state index contributed by atoms with van der Waals surface area (Å²) in [6, 6.07) is -0.269. The third kappa shape index (κ3) is 6.76. The van der Waals surface area contributed by atoms with Gasteiger partial charge in [-0.1, -0.05) is 19.3 Å². The van der Waals surface area contributed by atoms with Gasteiger partial charge < -0.3 is 20.1 Å². The topological polar surface area (TPSA) is 61.8 Å². The van der Waals surface area contributed by atoms with Crippen LogP contribution in [0, 0.1) is 0 Å². The second kappa shape index (κ2) is 10.1. The molecule has 1 amide bonds. The molecule has 1 rings (SSSR count). The van der Waals surface area contributed by atoms with Crippen LogP contribution >= 0.6 is 0 Å². The lowest BCUT2D eigenvalue weighted by molar-refractivity contribution is -0.132. The van der Waals surface area contributed by atoms with Crippen molar-refractivity contribution in [3.63, 3.8) is 0 Å². The molecule has 5 heteroatoms. The first-order valence-corrected chi connectivity index (χ1v) is 8.40. The summed E-state index contributed by atoms with van der Waals surface area (Å²) in [5, 5.41) is 13.0. The van der Waals surface area contributed by atoms with Gasteiger partial charge in [-0.3, -0.25) is 4.79 Å². The van der Waals surface area contributed by atoms with Crippen LogP contribution in [0.2, 0.25) is 0 Å². The van der Waals surface area contributed by atoms with Crippen molar-refractivity contribution in [2.45, 2.75) is 71.1 Å². The van der Waals surface area contributed by atoms with E-state index in [1.807, 2.05) is 20.8 Å². The molecular weight excluding hydrogens is 268 g/mol. The highest BCUT2D eigenvalue weighted by molar-refractivity contribution is 5.81. The molecule has 0 spiro atoms. The summed E-state index contributed by atoms with van der Waals surface area (Å²) in [5.41, 5.74) is 0. The summed E-state index contributed by atoms with van der Waals surface area (Å²) in [4.78, 5) is 13.9. The number of likely N-dealkylation sites (N-methyl/N-ethyl adjacent to an activating group) is 1. The number of carbonyl (C=O) groups excluding carboxylic acids is 1. The zero-order valence-corrected chi connectivity index (χ0v) is 13.8. The van der Waals surface area contributed by atoms with Gasteiger partial charge in [0, 0.05) is 19.6 Å². The molecule has 0 saturated heterocycles. The molecule has 1 aliphatic carbocycles. The second-order valence-electron chi connectivity index (χ2n) is 5.89. The molecular formula is C16H32N2O3. The van der Waals surface area contributed by atoms with Crippen molar-refractivity contribution in [2.75, 3.05) is 26.2 Å². The van der Waals surface area contributed by atoms with Gasteiger partial charge in [-0.2, -0.15) is 0 Å². The molecule has 0 radical (unpaired) electrons. The van der Waals surface area contributed by atoms with Gasteiger partial charge in [0.05, 0.1) is 24.9 Å². The van der Waals surface area contributed by atoms with Crippen molar-refractivity contribution in [1.82, 2.24) is 10.2 Å². The first kappa shape index (κ1) is 18.4. The van der Waals surface area contributed by atoms with Gasteiger partial charge in [0.2, 0.25) is 5.91 Å². The van der Waals surface area contributed by atoms with Crippen molar-refractivity contribution >= 4 is 5.91 Å². The highest BCUT2D eigenvalue weighted by Crippen LogP contribution is 2.20. The lowest BCUT2D eigenvalue weighted by atomic mass is 9.98. The Morgan fingerprint density at radius 3 is 2.48 bits per heavy atom. The number of hydrogen-bond acceptors (Lipinski definition) is 4. The van der Waals surface area contributed by atoms with E-state index in [1.165, 1.54) is 19.3 Å². The summed E-state index contributed by atoms with van der Waals surface area (Å²) in [5.74, 6) is 0.0837. The Morgan fingerprint density at radius 1 is 1.29 bits per heavy atom. The minimum Gasteiger partial charge on any atom is -0.389 e. The minimum absolute atomic E-state index is 0.0837. The smallest absolute Gasteiger partial charge is 0.239 e. The molecule has 1 saturated carbocycles. The van der Waals surface area contributed by atoms with E-state index in [9.17, 15) is 9.90 Å². The number of amides is 1. The molecule has 0 heterocycles. The second-order valence-corrected chi connectivity index (χ2v) is 5.89. The van der Waals surface area contributed by atoms with E-state index in [0.717, 1.165) is 12.8 Å². The fourth-order valence-corrected chi connectivity index (χ4v) is 2.75. The Labute approximate surface area is 129 Å². The van der Waals surface area contributed by atoms with E-state index in [-0.39, 0.29) is 11.9 Å². The highest BCUT2D eigenvalue weighted by Gasteiger charge is 2.19. The molecule has 0 aliphatic heterocycles. The molecule has 0 aromatic carbocycles. The molecule has 2 atom stereocenters. The molecule has 124 valence electrons. The summed E-state index contributed by atoms with van der Waals surface area (Å²) >= 11 is 0. The third-order valence-electron chi connectivity index (χ3n) is 4.18. The zero-order valence-electron chi connectivity index (χ0n) is 13.8. The van der Waals surface area contributed by atoms with E-state index in [2.05, 4.69) is 5.32 Å². The summed E-state index contributed by atoms with van der Waals surface area (Å²) < 4.78 is 5.74. The number of hydrogen-bond donors (Lipinski definition) is 2. The van der Waals surface area contributed by atoms with E-state index in [0.29, 0.717) is 32.3 Å². The molecule has 2 unspecified atom stereocenters. The monoisotopic (exact) mass is 300 g/mol. The van der Waals surface area contributed by atoms with Crippen LogP contribution in [-0.4, -0.2) is 60.4 Å². The van der Waals surface area contributed by atoms with Crippen LogP contribution in [0.15, 0.2) is 0 Å². The first-order chi connectivity index (χ1) is 10.1. The lowest BCUT2D eigenvalue weighted by Gasteiger charge is -2.25. The molecule has 1 aliphatic rings. The number of nitrogens with one attached hydrogen (secondary N) is 1. The summed E-state index contributed by atoms with van der Waals surface area (Å²) in [6.07, 6.45) is 5.73. The molecule has 0 aromatic heterocycles.